The van der Waals surface area contributed by atoms with Gasteiger partial charge in [-0.3, -0.25) is 0 Å². The number of hydrogen-bond donors (Lipinski definition) is 0. The molecule has 0 amide bonds. The molecule has 82 valence electrons. The molecular formula is C8H5Cl3O2S2. The highest BCUT2D eigenvalue weighted by atomic mass is 35.5. The maximum atomic E-state index is 11.7. The molecule has 2 nitrogen and oxygen atoms in total. The second kappa shape index (κ2) is 5.46. The van der Waals surface area contributed by atoms with Crippen LogP contribution in [0.3, 0.4) is 0 Å². The van der Waals surface area contributed by atoms with E-state index in [-0.39, 0.29) is 13.8 Å². The molecule has 0 fully saturated rings. The van der Waals surface area contributed by atoms with Gasteiger partial charge < -0.3 is 0 Å². The van der Waals surface area contributed by atoms with Crippen molar-refractivity contribution < 1.29 is 8.42 Å². The van der Waals surface area contributed by atoms with Crippen LogP contribution in [0.25, 0.3) is 0 Å². The van der Waals surface area contributed by atoms with Crippen LogP contribution in [0.15, 0.2) is 44.1 Å². The molecule has 0 aliphatic heterocycles. The Labute approximate surface area is 107 Å². The fourth-order valence-electron chi connectivity index (χ4n) is 0.763. The Morgan fingerprint density at radius 1 is 1.07 bits per heavy atom. The molecule has 1 aromatic rings. The van der Waals surface area contributed by atoms with Crippen molar-refractivity contribution in [2.75, 3.05) is 0 Å². The summed E-state index contributed by atoms with van der Waals surface area (Å²) >= 11 is 16.2. The van der Waals surface area contributed by atoms with Crippen LogP contribution in [-0.2, 0) is 8.87 Å². The zero-order valence-electron chi connectivity index (χ0n) is 7.15. The predicted octanol–water partition coefficient (Wildman–Crippen LogP) is 3.95. The molecule has 0 heterocycles. The molecule has 0 aliphatic carbocycles. The normalized spacial score (nSPS) is 11.1. The first-order valence-corrected chi connectivity index (χ1v) is 7.59. The minimum Gasteiger partial charge on any atom is -0.212 e. The fourth-order valence-corrected chi connectivity index (χ4v) is 4.31. The first-order chi connectivity index (χ1) is 6.93. The third-order valence-electron chi connectivity index (χ3n) is 1.36. The predicted molar refractivity (Wildman–Crippen MR) is 65.8 cm³/mol. The highest BCUT2D eigenvalue weighted by Gasteiger charge is 2.18. The van der Waals surface area contributed by atoms with Crippen LogP contribution in [0, 0.1) is 0 Å². The highest BCUT2D eigenvalue weighted by molar-refractivity contribution is 8.74. The van der Waals surface area contributed by atoms with Gasteiger partial charge in [0.15, 0.2) is 0 Å². The molecule has 0 spiro atoms. The molecule has 1 rings (SSSR count). The first-order valence-electron chi connectivity index (χ1n) is 3.64. The summed E-state index contributed by atoms with van der Waals surface area (Å²) in [5.41, 5.74) is 0. The van der Waals surface area contributed by atoms with Gasteiger partial charge in [-0.2, -0.15) is 0 Å². The zero-order valence-corrected chi connectivity index (χ0v) is 11.1. The van der Waals surface area contributed by atoms with E-state index in [0.717, 1.165) is 0 Å². The van der Waals surface area contributed by atoms with Crippen LogP contribution >= 0.6 is 45.6 Å². The third-order valence-corrected chi connectivity index (χ3v) is 6.01. The second-order valence-electron chi connectivity index (χ2n) is 2.38. The molecule has 0 aliphatic rings. The summed E-state index contributed by atoms with van der Waals surface area (Å²) in [7, 11) is -3.13. The Morgan fingerprint density at radius 3 is 2.07 bits per heavy atom. The van der Waals surface area contributed by atoms with Crippen molar-refractivity contribution in [1.29, 1.82) is 0 Å². The van der Waals surface area contributed by atoms with Crippen molar-refractivity contribution in [2.45, 2.75) is 4.90 Å². The summed E-state index contributed by atoms with van der Waals surface area (Å²) in [5.74, 6) is 0. The van der Waals surface area contributed by atoms with Gasteiger partial charge in [-0.05, 0) is 12.1 Å². The quantitative estimate of drug-likeness (QED) is 0.793. The number of halogens is 3. The van der Waals surface area contributed by atoms with E-state index in [2.05, 4.69) is 0 Å². The van der Waals surface area contributed by atoms with Crippen molar-refractivity contribution in [3.8, 4) is 0 Å². The average Bonchev–Trinajstić information content (AvgIpc) is 2.18. The van der Waals surface area contributed by atoms with Crippen molar-refractivity contribution in [3.63, 3.8) is 0 Å². The van der Waals surface area contributed by atoms with Gasteiger partial charge >= 0.3 is 0 Å². The molecule has 0 aromatic heterocycles. The zero-order chi connectivity index (χ0) is 11.5. The van der Waals surface area contributed by atoms with Gasteiger partial charge in [-0.1, -0.05) is 53.0 Å². The average molecular weight is 304 g/mol. The minimum atomic E-state index is -3.55. The van der Waals surface area contributed by atoms with Crippen molar-refractivity contribution >= 4 is 54.5 Å². The van der Waals surface area contributed by atoms with Crippen molar-refractivity contribution in [1.82, 2.24) is 0 Å². The molecule has 0 bridgehead atoms. The Kier molecular flexibility index (Phi) is 4.80. The van der Waals surface area contributed by atoms with Crippen molar-refractivity contribution in [3.05, 3.63) is 39.2 Å². The lowest BCUT2D eigenvalue weighted by Gasteiger charge is -2.01. The summed E-state index contributed by atoms with van der Waals surface area (Å²) < 4.78 is 22.9. The molecule has 0 saturated carbocycles. The summed E-state index contributed by atoms with van der Waals surface area (Å²) in [5, 5.41) is 0. The van der Waals surface area contributed by atoms with E-state index in [0.29, 0.717) is 10.8 Å². The fraction of sp³-hybridized carbons (Fsp3) is 0. The summed E-state index contributed by atoms with van der Waals surface area (Å²) in [6.07, 6.45) is 0. The van der Waals surface area contributed by atoms with Crippen LogP contribution in [0.5, 0.6) is 0 Å². The summed E-state index contributed by atoms with van der Waals surface area (Å²) in [6, 6.07) is 7.89. The maximum absolute atomic E-state index is 11.7. The van der Waals surface area contributed by atoms with Crippen LogP contribution in [0.1, 0.15) is 0 Å². The standard InChI is InChI=1S/C8H5Cl3O2S2/c9-7(10)8(11)14-15(12,13)6-4-2-1-3-5-6/h1-5H. The largest absolute Gasteiger partial charge is 0.235 e. The minimum absolute atomic E-state index is 0.155. The van der Waals surface area contributed by atoms with Gasteiger partial charge in [0, 0.05) is 10.8 Å². The Morgan fingerprint density at radius 2 is 1.60 bits per heavy atom. The van der Waals surface area contributed by atoms with Gasteiger partial charge in [0.25, 0.3) is 0 Å². The highest BCUT2D eigenvalue weighted by Crippen LogP contribution is 2.36. The topological polar surface area (TPSA) is 34.1 Å². The van der Waals surface area contributed by atoms with E-state index >= 15 is 0 Å². The molecule has 0 unspecified atom stereocenters. The Balaban J connectivity index is 3.02. The van der Waals surface area contributed by atoms with Gasteiger partial charge in [-0.25, -0.2) is 8.42 Å². The van der Waals surface area contributed by atoms with E-state index in [4.69, 9.17) is 34.8 Å². The van der Waals surface area contributed by atoms with Gasteiger partial charge in [0.05, 0.1) is 4.90 Å². The Bertz CT molecular complexity index is 464. The number of benzene rings is 1. The van der Waals surface area contributed by atoms with E-state index in [1.807, 2.05) is 0 Å². The van der Waals surface area contributed by atoms with Gasteiger partial charge in [-0.15, -0.1) is 0 Å². The number of rotatable bonds is 3. The first kappa shape index (κ1) is 13.2. The summed E-state index contributed by atoms with van der Waals surface area (Å²) in [6.45, 7) is 0. The third kappa shape index (κ3) is 3.89. The molecule has 7 heteroatoms. The van der Waals surface area contributed by atoms with Crippen LogP contribution in [0.2, 0.25) is 0 Å². The second-order valence-corrected chi connectivity index (χ2v) is 7.71. The van der Waals surface area contributed by atoms with E-state index < -0.39 is 8.87 Å². The lowest BCUT2D eigenvalue weighted by atomic mass is 10.4. The lowest BCUT2D eigenvalue weighted by Crippen LogP contribution is -1.93. The van der Waals surface area contributed by atoms with E-state index in [9.17, 15) is 8.42 Å². The van der Waals surface area contributed by atoms with Gasteiger partial charge in [0.1, 0.15) is 8.86 Å². The molecule has 0 atom stereocenters. The molecule has 15 heavy (non-hydrogen) atoms. The molecule has 0 N–H and O–H groups in total. The molecule has 0 radical (unpaired) electrons. The smallest absolute Gasteiger partial charge is 0.212 e. The monoisotopic (exact) mass is 302 g/mol. The van der Waals surface area contributed by atoms with E-state index in [1.165, 1.54) is 12.1 Å². The SMILES string of the molecule is O=S(=O)(SC(Cl)=C(Cl)Cl)c1ccccc1. The van der Waals surface area contributed by atoms with Crippen LogP contribution in [0.4, 0.5) is 0 Å². The maximum Gasteiger partial charge on any atom is 0.235 e. The van der Waals surface area contributed by atoms with Crippen LogP contribution < -0.4 is 0 Å². The Hall–Kier alpha value is 0.130. The summed E-state index contributed by atoms with van der Waals surface area (Å²) in [4.78, 5) is 0.155. The number of hydrogen-bond acceptors (Lipinski definition) is 3. The molecule has 0 saturated heterocycles. The van der Waals surface area contributed by atoms with Crippen molar-refractivity contribution in [2.24, 2.45) is 0 Å². The lowest BCUT2D eigenvalue weighted by molar-refractivity contribution is 0.610. The van der Waals surface area contributed by atoms with E-state index in [1.54, 1.807) is 18.2 Å². The van der Waals surface area contributed by atoms with Crippen LogP contribution in [-0.4, -0.2) is 8.42 Å². The van der Waals surface area contributed by atoms with Gasteiger partial charge in [0.2, 0.25) is 8.87 Å². The molecular weight excluding hydrogens is 299 g/mol. The molecule has 1 aromatic carbocycles.